The highest BCUT2D eigenvalue weighted by Crippen LogP contribution is 2.34. The summed E-state index contributed by atoms with van der Waals surface area (Å²) in [7, 11) is 1.29. The van der Waals surface area contributed by atoms with Crippen LogP contribution in [-0.2, 0) is 24.6 Å². The minimum Gasteiger partial charge on any atom is -0.348 e. The number of thiazole rings is 1. The van der Waals surface area contributed by atoms with E-state index in [0.29, 0.717) is 11.2 Å². The highest BCUT2D eigenvalue weighted by molar-refractivity contribution is 7.22. The number of carbonyl (C=O) groups excluding carboxylic acids is 1. The molecule has 0 spiro atoms. The third kappa shape index (κ3) is 4.11. The molecular formula is C19H17ClF3N5O3S. The van der Waals surface area contributed by atoms with Crippen molar-refractivity contribution in [3.8, 4) is 0 Å². The van der Waals surface area contributed by atoms with Crippen molar-refractivity contribution < 1.29 is 18.0 Å². The normalized spacial score (nSPS) is 14.3. The van der Waals surface area contributed by atoms with E-state index in [4.69, 9.17) is 11.6 Å². The van der Waals surface area contributed by atoms with Gasteiger partial charge in [-0.15, -0.1) is 0 Å². The van der Waals surface area contributed by atoms with Crippen molar-refractivity contribution in [3.05, 3.63) is 49.6 Å². The zero-order valence-electron chi connectivity index (χ0n) is 16.7. The first kappa shape index (κ1) is 22.3. The zero-order chi connectivity index (χ0) is 23.2. The van der Waals surface area contributed by atoms with Crippen molar-refractivity contribution in [2.45, 2.75) is 25.6 Å². The van der Waals surface area contributed by atoms with Crippen LogP contribution in [0.4, 0.5) is 24.0 Å². The lowest BCUT2D eigenvalue weighted by Gasteiger charge is -2.13. The van der Waals surface area contributed by atoms with Crippen molar-refractivity contribution in [1.82, 2.24) is 14.1 Å². The summed E-state index contributed by atoms with van der Waals surface area (Å²) in [4.78, 5) is 44.3. The topological polar surface area (TPSA) is 89.2 Å². The molecule has 170 valence electrons. The van der Waals surface area contributed by atoms with E-state index in [9.17, 15) is 27.6 Å². The molecule has 0 bridgehead atoms. The summed E-state index contributed by atoms with van der Waals surface area (Å²) in [6.07, 6.45) is -2.64. The predicted octanol–water partition coefficient (Wildman–Crippen LogP) is 3.07. The van der Waals surface area contributed by atoms with E-state index in [0.717, 1.165) is 58.5 Å². The van der Waals surface area contributed by atoms with Crippen LogP contribution in [0.5, 0.6) is 0 Å². The number of carbonyl (C=O) groups is 1. The van der Waals surface area contributed by atoms with Gasteiger partial charge in [-0.2, -0.15) is 13.2 Å². The lowest BCUT2D eigenvalue weighted by atomic mass is 10.2. The molecule has 0 atom stereocenters. The van der Waals surface area contributed by atoms with Gasteiger partial charge in [0.1, 0.15) is 11.2 Å². The van der Waals surface area contributed by atoms with Crippen LogP contribution >= 0.6 is 22.9 Å². The molecule has 2 aromatic heterocycles. The molecule has 0 saturated carbocycles. The van der Waals surface area contributed by atoms with Crippen molar-refractivity contribution in [2.24, 2.45) is 7.05 Å². The van der Waals surface area contributed by atoms with Crippen LogP contribution < -0.4 is 21.5 Å². The molecule has 8 nitrogen and oxygen atoms in total. The summed E-state index contributed by atoms with van der Waals surface area (Å²) in [5, 5.41) is 2.80. The summed E-state index contributed by atoms with van der Waals surface area (Å²) in [6.45, 7) is 0.997. The molecule has 1 N–H and O–H groups in total. The van der Waals surface area contributed by atoms with E-state index in [2.05, 4.69) is 10.3 Å². The first-order chi connectivity index (χ1) is 15.1. The molecule has 1 aliphatic rings. The average Bonchev–Trinajstić information content (AvgIpc) is 3.40. The molecule has 0 aliphatic carbocycles. The van der Waals surface area contributed by atoms with E-state index in [1.165, 1.54) is 7.05 Å². The number of hydrogen-bond acceptors (Lipinski definition) is 6. The Kier molecular flexibility index (Phi) is 5.76. The first-order valence-corrected chi connectivity index (χ1v) is 10.8. The van der Waals surface area contributed by atoms with Crippen LogP contribution in [0, 0.1) is 0 Å². The fourth-order valence-corrected chi connectivity index (χ4v) is 4.71. The number of benzene rings is 1. The molecule has 0 unspecified atom stereocenters. The zero-order valence-corrected chi connectivity index (χ0v) is 18.3. The molecule has 1 aromatic carbocycles. The molecule has 13 heteroatoms. The van der Waals surface area contributed by atoms with Crippen molar-refractivity contribution in [1.29, 1.82) is 0 Å². The number of alkyl halides is 3. The quantitative estimate of drug-likeness (QED) is 0.611. The Morgan fingerprint density at radius 2 is 1.94 bits per heavy atom. The monoisotopic (exact) mass is 487 g/mol. The van der Waals surface area contributed by atoms with Gasteiger partial charge in [-0.3, -0.25) is 18.7 Å². The predicted molar refractivity (Wildman–Crippen MR) is 116 cm³/mol. The van der Waals surface area contributed by atoms with Crippen LogP contribution in [0.2, 0.25) is 5.02 Å². The maximum absolute atomic E-state index is 13.0. The summed E-state index contributed by atoms with van der Waals surface area (Å²) in [5.74, 6) is -0.788. The Bertz CT molecular complexity index is 1320. The van der Waals surface area contributed by atoms with E-state index < -0.39 is 35.4 Å². The van der Waals surface area contributed by atoms with Gasteiger partial charge in [-0.25, -0.2) is 9.78 Å². The summed E-state index contributed by atoms with van der Waals surface area (Å²) >= 11 is 7.07. The van der Waals surface area contributed by atoms with Crippen LogP contribution in [0.25, 0.3) is 10.3 Å². The van der Waals surface area contributed by atoms with Gasteiger partial charge in [-0.05, 0) is 31.0 Å². The van der Waals surface area contributed by atoms with E-state index >= 15 is 0 Å². The van der Waals surface area contributed by atoms with Gasteiger partial charge in [0.05, 0.1) is 16.3 Å². The van der Waals surface area contributed by atoms with Crippen LogP contribution in [-0.4, -0.2) is 33.1 Å². The number of halogens is 4. The van der Waals surface area contributed by atoms with Crippen molar-refractivity contribution in [3.63, 3.8) is 0 Å². The second-order valence-electron chi connectivity index (χ2n) is 7.32. The maximum Gasteiger partial charge on any atom is 0.416 e. The number of hydrogen-bond donors (Lipinski definition) is 1. The standard InChI is InChI=1S/C19H17ClF3N5O3S/c1-26-16(30)14-15(25-17(32-14)27-6-2-3-7-27)28(18(26)31)9-13(29)24-12-8-10(19(21,22)23)4-5-11(12)20/h4-5,8H,2-3,6-7,9H2,1H3,(H,24,29). The molecule has 32 heavy (non-hydrogen) atoms. The Morgan fingerprint density at radius 1 is 1.25 bits per heavy atom. The minimum absolute atomic E-state index is 0.0651. The van der Waals surface area contributed by atoms with Gasteiger partial charge in [0.2, 0.25) is 5.91 Å². The van der Waals surface area contributed by atoms with Gasteiger partial charge in [0.15, 0.2) is 10.8 Å². The first-order valence-electron chi connectivity index (χ1n) is 9.58. The van der Waals surface area contributed by atoms with Crippen LogP contribution in [0.3, 0.4) is 0 Å². The smallest absolute Gasteiger partial charge is 0.348 e. The highest BCUT2D eigenvalue weighted by atomic mass is 35.5. The van der Waals surface area contributed by atoms with Gasteiger partial charge in [0.25, 0.3) is 5.56 Å². The van der Waals surface area contributed by atoms with Crippen LogP contribution in [0.15, 0.2) is 27.8 Å². The molecule has 1 amide bonds. The molecule has 1 fully saturated rings. The lowest BCUT2D eigenvalue weighted by Crippen LogP contribution is -2.39. The van der Waals surface area contributed by atoms with E-state index in [-0.39, 0.29) is 21.1 Å². The number of aromatic nitrogens is 3. The second kappa shape index (κ2) is 8.24. The number of anilines is 2. The summed E-state index contributed by atoms with van der Waals surface area (Å²) < 4.78 is 41.1. The molecule has 1 saturated heterocycles. The SMILES string of the molecule is Cn1c(=O)c2sc(N3CCCC3)nc2n(CC(=O)Nc2cc(C(F)(F)F)ccc2Cl)c1=O. The maximum atomic E-state index is 13.0. The Hall–Kier alpha value is -2.86. The number of amides is 1. The summed E-state index contributed by atoms with van der Waals surface area (Å²) in [5.41, 5.74) is -2.43. The number of nitrogens with one attached hydrogen (secondary N) is 1. The number of nitrogens with zero attached hydrogens (tertiary/aromatic N) is 4. The molecule has 3 heterocycles. The minimum atomic E-state index is -4.61. The number of rotatable bonds is 4. The van der Waals surface area contributed by atoms with Gasteiger partial charge in [-0.1, -0.05) is 22.9 Å². The third-order valence-electron chi connectivity index (χ3n) is 5.12. The van der Waals surface area contributed by atoms with Gasteiger partial charge in [0, 0.05) is 20.1 Å². The molecule has 0 radical (unpaired) electrons. The average molecular weight is 488 g/mol. The van der Waals surface area contributed by atoms with Gasteiger partial charge >= 0.3 is 11.9 Å². The molecule has 3 aromatic rings. The second-order valence-corrected chi connectivity index (χ2v) is 8.70. The third-order valence-corrected chi connectivity index (χ3v) is 6.54. The summed E-state index contributed by atoms with van der Waals surface area (Å²) in [6, 6.07) is 2.54. The lowest BCUT2D eigenvalue weighted by molar-refractivity contribution is -0.137. The largest absolute Gasteiger partial charge is 0.416 e. The Balaban J connectivity index is 1.69. The number of fused-ring (bicyclic) bond motifs is 1. The van der Waals surface area contributed by atoms with Crippen molar-refractivity contribution in [2.75, 3.05) is 23.3 Å². The van der Waals surface area contributed by atoms with E-state index in [1.54, 1.807) is 0 Å². The van der Waals surface area contributed by atoms with Crippen molar-refractivity contribution >= 4 is 50.0 Å². The molecular weight excluding hydrogens is 471 g/mol. The molecule has 1 aliphatic heterocycles. The Labute approximate surface area is 187 Å². The van der Waals surface area contributed by atoms with Gasteiger partial charge < -0.3 is 10.2 Å². The fraction of sp³-hybridized carbons (Fsp3) is 0.368. The Morgan fingerprint density at radius 3 is 2.59 bits per heavy atom. The van der Waals surface area contributed by atoms with Crippen LogP contribution in [0.1, 0.15) is 18.4 Å². The molecule has 4 rings (SSSR count). The fourth-order valence-electron chi connectivity index (χ4n) is 3.45. The van der Waals surface area contributed by atoms with E-state index in [1.807, 2.05) is 4.90 Å². The highest BCUT2D eigenvalue weighted by Gasteiger charge is 2.31.